The molecule has 0 spiro atoms. The normalized spacial score (nSPS) is 11.5. The fourth-order valence-corrected chi connectivity index (χ4v) is 2.82. The fourth-order valence-electron chi connectivity index (χ4n) is 2.62. The maximum atomic E-state index is 6.20. The molecular weight excluding hydrogens is 332 g/mol. The van der Waals surface area contributed by atoms with Crippen LogP contribution in [-0.4, -0.2) is 17.5 Å². The van der Waals surface area contributed by atoms with Crippen LogP contribution in [0, 0.1) is 0 Å². The highest BCUT2D eigenvalue weighted by Gasteiger charge is 2.04. The topological polar surface area (TPSA) is 49.3 Å². The van der Waals surface area contributed by atoms with Gasteiger partial charge in [-0.05, 0) is 30.0 Å². The van der Waals surface area contributed by atoms with Gasteiger partial charge >= 0.3 is 0 Å². The van der Waals surface area contributed by atoms with E-state index in [1.807, 2.05) is 55.6 Å². The van der Waals surface area contributed by atoms with Gasteiger partial charge < -0.3 is 10.6 Å². The minimum atomic E-state index is 0.526. The van der Waals surface area contributed by atoms with Gasteiger partial charge in [-0.1, -0.05) is 54.1 Å². The van der Waals surface area contributed by atoms with E-state index < -0.39 is 0 Å². The predicted octanol–water partition coefficient (Wildman–Crippen LogP) is 4.14. The number of rotatable bonds is 5. The van der Waals surface area contributed by atoms with Gasteiger partial charge in [-0.25, -0.2) is 4.99 Å². The lowest BCUT2D eigenvalue weighted by atomic mass is 10.1. The van der Waals surface area contributed by atoms with Crippen LogP contribution >= 0.6 is 11.6 Å². The molecule has 0 unspecified atom stereocenters. The average Bonchev–Trinajstić information content (AvgIpc) is 2.65. The molecule has 3 rings (SSSR count). The summed E-state index contributed by atoms with van der Waals surface area (Å²) in [5, 5.41) is 9.68. The van der Waals surface area contributed by atoms with E-state index in [-0.39, 0.29) is 0 Å². The molecule has 4 nitrogen and oxygen atoms in total. The molecule has 0 aliphatic carbocycles. The Labute approximate surface area is 153 Å². The van der Waals surface area contributed by atoms with Crippen molar-refractivity contribution in [1.82, 2.24) is 15.6 Å². The van der Waals surface area contributed by atoms with Crippen LogP contribution in [0.2, 0.25) is 5.02 Å². The quantitative estimate of drug-likeness (QED) is 0.536. The van der Waals surface area contributed by atoms with Crippen LogP contribution in [0.1, 0.15) is 18.2 Å². The van der Waals surface area contributed by atoms with Crippen LogP contribution in [0.15, 0.2) is 65.8 Å². The van der Waals surface area contributed by atoms with Crippen LogP contribution < -0.4 is 10.6 Å². The SMILES string of the molecule is CCNC(=NCc1ccccc1Cl)NCc1nccc2ccccc12. The van der Waals surface area contributed by atoms with Crippen LogP contribution in [-0.2, 0) is 13.1 Å². The lowest BCUT2D eigenvalue weighted by Gasteiger charge is -2.12. The van der Waals surface area contributed by atoms with E-state index in [0.717, 1.165) is 34.2 Å². The zero-order valence-electron chi connectivity index (χ0n) is 14.2. The summed E-state index contributed by atoms with van der Waals surface area (Å²) in [4.78, 5) is 9.13. The average molecular weight is 353 g/mol. The third-order valence-electron chi connectivity index (χ3n) is 3.89. The molecule has 3 aromatic rings. The third-order valence-corrected chi connectivity index (χ3v) is 4.26. The minimum absolute atomic E-state index is 0.526. The Hall–Kier alpha value is -2.59. The van der Waals surface area contributed by atoms with E-state index in [2.05, 4.69) is 32.7 Å². The molecule has 0 saturated heterocycles. The van der Waals surface area contributed by atoms with E-state index in [0.29, 0.717) is 13.1 Å². The van der Waals surface area contributed by atoms with E-state index >= 15 is 0 Å². The van der Waals surface area contributed by atoms with E-state index in [1.54, 1.807) is 0 Å². The summed E-state index contributed by atoms with van der Waals surface area (Å²) in [6.07, 6.45) is 1.84. The second-order valence-electron chi connectivity index (χ2n) is 5.62. The summed E-state index contributed by atoms with van der Waals surface area (Å²) in [5.74, 6) is 0.747. The molecule has 5 heteroatoms. The highest BCUT2D eigenvalue weighted by Crippen LogP contribution is 2.17. The smallest absolute Gasteiger partial charge is 0.191 e. The van der Waals surface area contributed by atoms with Crippen molar-refractivity contribution in [3.63, 3.8) is 0 Å². The molecule has 0 bridgehead atoms. The number of fused-ring (bicyclic) bond motifs is 1. The second kappa shape index (κ2) is 8.49. The number of hydrogen-bond donors (Lipinski definition) is 2. The summed E-state index contributed by atoms with van der Waals surface area (Å²) in [7, 11) is 0. The number of aliphatic imine (C=N–C) groups is 1. The first-order chi connectivity index (χ1) is 12.3. The van der Waals surface area contributed by atoms with Crippen molar-refractivity contribution >= 4 is 28.3 Å². The molecule has 0 radical (unpaired) electrons. The number of nitrogens with zero attached hydrogens (tertiary/aromatic N) is 2. The molecule has 1 aromatic heterocycles. The van der Waals surface area contributed by atoms with E-state index in [1.165, 1.54) is 5.39 Å². The summed E-state index contributed by atoms with van der Waals surface area (Å²) < 4.78 is 0. The van der Waals surface area contributed by atoms with Crippen molar-refractivity contribution in [1.29, 1.82) is 0 Å². The Morgan fingerprint density at radius 2 is 1.84 bits per heavy atom. The molecule has 0 aliphatic rings. The minimum Gasteiger partial charge on any atom is -0.357 e. The van der Waals surface area contributed by atoms with Crippen LogP contribution in [0.3, 0.4) is 0 Å². The van der Waals surface area contributed by atoms with Gasteiger partial charge in [-0.2, -0.15) is 0 Å². The standard InChI is InChI=1S/C20H21ClN4/c1-2-22-20(24-13-16-8-4-6-10-18(16)21)25-14-19-17-9-5-3-7-15(17)11-12-23-19/h3-12H,2,13-14H2,1H3,(H2,22,24,25). The fraction of sp³-hybridized carbons (Fsp3) is 0.200. The lowest BCUT2D eigenvalue weighted by molar-refractivity contribution is 0.804. The van der Waals surface area contributed by atoms with E-state index in [4.69, 9.17) is 11.6 Å². The highest BCUT2D eigenvalue weighted by atomic mass is 35.5. The molecule has 25 heavy (non-hydrogen) atoms. The monoisotopic (exact) mass is 352 g/mol. The van der Waals surface area contributed by atoms with Gasteiger partial charge in [0.25, 0.3) is 0 Å². The van der Waals surface area contributed by atoms with Crippen molar-refractivity contribution in [2.24, 2.45) is 4.99 Å². The van der Waals surface area contributed by atoms with Gasteiger partial charge in [0.05, 0.1) is 18.8 Å². The zero-order valence-corrected chi connectivity index (χ0v) is 14.9. The number of hydrogen-bond acceptors (Lipinski definition) is 2. The Kier molecular flexibility index (Phi) is 5.86. The Bertz CT molecular complexity index is 871. The maximum Gasteiger partial charge on any atom is 0.191 e. The molecule has 0 amide bonds. The highest BCUT2D eigenvalue weighted by molar-refractivity contribution is 6.31. The molecule has 0 aliphatic heterocycles. The largest absolute Gasteiger partial charge is 0.357 e. The number of benzene rings is 2. The summed E-state index contributed by atoms with van der Waals surface area (Å²) >= 11 is 6.20. The van der Waals surface area contributed by atoms with Gasteiger partial charge in [0, 0.05) is 23.2 Å². The zero-order chi connectivity index (χ0) is 17.5. The molecule has 0 fully saturated rings. The Morgan fingerprint density at radius 3 is 2.68 bits per heavy atom. The number of guanidine groups is 1. The Balaban J connectivity index is 1.73. The van der Waals surface area contributed by atoms with Gasteiger partial charge in [0.2, 0.25) is 0 Å². The number of halogens is 1. The van der Waals surface area contributed by atoms with Crippen molar-refractivity contribution in [2.75, 3.05) is 6.54 Å². The molecule has 2 N–H and O–H groups in total. The molecule has 0 saturated carbocycles. The summed E-state index contributed by atoms with van der Waals surface area (Å²) in [6.45, 7) is 3.97. The second-order valence-corrected chi connectivity index (χ2v) is 6.03. The van der Waals surface area contributed by atoms with Crippen LogP contribution in [0.5, 0.6) is 0 Å². The summed E-state index contributed by atoms with van der Waals surface area (Å²) in [6, 6.07) is 18.0. The summed E-state index contributed by atoms with van der Waals surface area (Å²) in [5.41, 5.74) is 2.01. The first-order valence-electron chi connectivity index (χ1n) is 8.36. The van der Waals surface area contributed by atoms with Gasteiger partial charge in [0.1, 0.15) is 0 Å². The number of nitrogens with one attached hydrogen (secondary N) is 2. The number of aromatic nitrogens is 1. The van der Waals surface area contributed by atoms with Gasteiger partial charge in [0.15, 0.2) is 5.96 Å². The molecule has 2 aromatic carbocycles. The van der Waals surface area contributed by atoms with Crippen LogP contribution in [0.4, 0.5) is 0 Å². The van der Waals surface area contributed by atoms with Crippen molar-refractivity contribution in [3.8, 4) is 0 Å². The van der Waals surface area contributed by atoms with Crippen molar-refractivity contribution in [2.45, 2.75) is 20.0 Å². The number of pyridine rings is 1. The molecular formula is C20H21ClN4. The van der Waals surface area contributed by atoms with Crippen LogP contribution in [0.25, 0.3) is 10.8 Å². The van der Waals surface area contributed by atoms with Gasteiger partial charge in [-0.15, -0.1) is 0 Å². The predicted molar refractivity (Wildman–Crippen MR) is 105 cm³/mol. The third kappa shape index (κ3) is 4.48. The maximum absolute atomic E-state index is 6.20. The molecule has 128 valence electrons. The van der Waals surface area contributed by atoms with E-state index in [9.17, 15) is 0 Å². The first-order valence-corrected chi connectivity index (χ1v) is 8.74. The molecule has 0 atom stereocenters. The van der Waals surface area contributed by atoms with Crippen molar-refractivity contribution in [3.05, 3.63) is 77.1 Å². The molecule has 1 heterocycles. The first kappa shape index (κ1) is 17.2. The lowest BCUT2D eigenvalue weighted by Crippen LogP contribution is -2.37. The van der Waals surface area contributed by atoms with Crippen molar-refractivity contribution < 1.29 is 0 Å². The van der Waals surface area contributed by atoms with Gasteiger partial charge in [-0.3, -0.25) is 4.98 Å². The Morgan fingerprint density at radius 1 is 1.04 bits per heavy atom.